The lowest BCUT2D eigenvalue weighted by atomic mass is 10.0. The van der Waals surface area contributed by atoms with E-state index in [2.05, 4.69) is 0 Å². The number of nitrogens with zero attached hydrogens (tertiary/aromatic N) is 1. The Morgan fingerprint density at radius 3 is 2.47 bits per heavy atom. The van der Waals surface area contributed by atoms with Crippen LogP contribution >= 0.6 is 0 Å². The van der Waals surface area contributed by atoms with Crippen LogP contribution in [-0.2, 0) is 9.59 Å². The first-order chi connectivity index (χ1) is 9.02. The zero-order valence-electron chi connectivity index (χ0n) is 11.6. The van der Waals surface area contributed by atoms with E-state index in [0.717, 1.165) is 11.3 Å². The molecule has 1 aromatic carbocycles. The van der Waals surface area contributed by atoms with Crippen LogP contribution in [0.2, 0.25) is 0 Å². The van der Waals surface area contributed by atoms with E-state index in [4.69, 9.17) is 4.74 Å². The molecule has 1 aliphatic rings. The van der Waals surface area contributed by atoms with Gasteiger partial charge in [0.25, 0.3) is 0 Å². The molecule has 1 saturated heterocycles. The van der Waals surface area contributed by atoms with Crippen LogP contribution in [-0.4, -0.2) is 30.2 Å². The van der Waals surface area contributed by atoms with Gasteiger partial charge in [-0.3, -0.25) is 9.59 Å². The van der Waals surface area contributed by atoms with Crippen LogP contribution < -0.4 is 4.74 Å². The zero-order chi connectivity index (χ0) is 14.0. The Morgan fingerprint density at radius 2 is 2.00 bits per heavy atom. The van der Waals surface area contributed by atoms with Crippen molar-refractivity contribution >= 4 is 11.7 Å². The summed E-state index contributed by atoms with van der Waals surface area (Å²) in [5, 5.41) is 0. The Hall–Kier alpha value is -1.84. The van der Waals surface area contributed by atoms with Crippen molar-refractivity contribution in [3.63, 3.8) is 0 Å². The zero-order valence-corrected chi connectivity index (χ0v) is 11.6. The average molecular weight is 261 g/mol. The van der Waals surface area contributed by atoms with Gasteiger partial charge in [0.05, 0.1) is 13.2 Å². The molecule has 2 rings (SSSR count). The van der Waals surface area contributed by atoms with Crippen LogP contribution in [0.1, 0.15) is 31.9 Å². The molecule has 1 aliphatic heterocycles. The molecule has 0 radical (unpaired) electrons. The molecule has 19 heavy (non-hydrogen) atoms. The molecule has 1 amide bonds. The summed E-state index contributed by atoms with van der Waals surface area (Å²) < 4.78 is 5.12. The van der Waals surface area contributed by atoms with Gasteiger partial charge in [0, 0.05) is 18.9 Å². The molecule has 1 fully saturated rings. The highest BCUT2D eigenvalue weighted by atomic mass is 16.5. The molecule has 102 valence electrons. The standard InChI is InChI=1S/C15H19NO3/c1-10(12-4-6-14(19-3)7-5-12)16-9-13(11(2)17)8-15(16)18/h4-7,10,13H,8-9H2,1-3H3/t10?,13-/m1/s1. The van der Waals surface area contributed by atoms with Crippen molar-refractivity contribution < 1.29 is 14.3 Å². The van der Waals surface area contributed by atoms with Gasteiger partial charge >= 0.3 is 0 Å². The molecule has 0 bridgehead atoms. The van der Waals surface area contributed by atoms with Crippen molar-refractivity contribution in [2.45, 2.75) is 26.3 Å². The van der Waals surface area contributed by atoms with Gasteiger partial charge in [-0.15, -0.1) is 0 Å². The summed E-state index contributed by atoms with van der Waals surface area (Å²) >= 11 is 0. The van der Waals surface area contributed by atoms with Crippen molar-refractivity contribution in [2.24, 2.45) is 5.92 Å². The number of methoxy groups -OCH3 is 1. The predicted octanol–water partition coefficient (Wildman–Crippen LogP) is 2.19. The van der Waals surface area contributed by atoms with Crippen LogP contribution in [0.15, 0.2) is 24.3 Å². The second kappa shape index (κ2) is 5.43. The molecule has 0 aromatic heterocycles. The number of carbonyl (C=O) groups is 2. The molecule has 0 spiro atoms. The molecule has 0 N–H and O–H groups in total. The first-order valence-corrected chi connectivity index (χ1v) is 6.46. The fraction of sp³-hybridized carbons (Fsp3) is 0.467. The van der Waals surface area contributed by atoms with Crippen molar-refractivity contribution in [2.75, 3.05) is 13.7 Å². The van der Waals surface area contributed by atoms with Crippen molar-refractivity contribution in [3.8, 4) is 5.75 Å². The Bertz CT molecular complexity index is 481. The van der Waals surface area contributed by atoms with Gasteiger partial charge < -0.3 is 9.64 Å². The lowest BCUT2D eigenvalue weighted by Crippen LogP contribution is -2.29. The summed E-state index contributed by atoms with van der Waals surface area (Å²) in [6, 6.07) is 7.67. The van der Waals surface area contributed by atoms with Crippen LogP contribution in [0.3, 0.4) is 0 Å². The average Bonchev–Trinajstić information content (AvgIpc) is 2.80. The van der Waals surface area contributed by atoms with Gasteiger partial charge in [0.15, 0.2) is 0 Å². The highest BCUT2D eigenvalue weighted by molar-refractivity contribution is 5.89. The monoisotopic (exact) mass is 261 g/mol. The first-order valence-electron chi connectivity index (χ1n) is 6.46. The predicted molar refractivity (Wildman–Crippen MR) is 71.9 cm³/mol. The maximum absolute atomic E-state index is 12.0. The molecular formula is C15H19NO3. The smallest absolute Gasteiger partial charge is 0.223 e. The number of Topliss-reactive ketones (excluding diaryl/α,β-unsaturated/α-hetero) is 1. The number of carbonyl (C=O) groups excluding carboxylic acids is 2. The lowest BCUT2D eigenvalue weighted by molar-refractivity contribution is -0.129. The minimum Gasteiger partial charge on any atom is -0.497 e. The third-order valence-electron chi connectivity index (χ3n) is 3.80. The molecule has 1 heterocycles. The number of amides is 1. The molecule has 0 saturated carbocycles. The number of likely N-dealkylation sites (tertiary alicyclic amines) is 1. The minimum atomic E-state index is -0.145. The number of rotatable bonds is 4. The topological polar surface area (TPSA) is 46.6 Å². The normalized spacial score (nSPS) is 20.5. The minimum absolute atomic E-state index is 0.0113. The highest BCUT2D eigenvalue weighted by Gasteiger charge is 2.35. The van der Waals surface area contributed by atoms with Gasteiger partial charge in [0.2, 0.25) is 5.91 Å². The van der Waals surface area contributed by atoms with Gasteiger partial charge in [-0.1, -0.05) is 12.1 Å². The van der Waals surface area contributed by atoms with Crippen molar-refractivity contribution in [1.82, 2.24) is 4.90 Å². The molecule has 2 atom stereocenters. The van der Waals surface area contributed by atoms with E-state index in [-0.39, 0.29) is 23.7 Å². The van der Waals surface area contributed by atoms with E-state index >= 15 is 0 Å². The van der Waals surface area contributed by atoms with Crippen LogP contribution in [0.5, 0.6) is 5.75 Å². The van der Waals surface area contributed by atoms with Crippen molar-refractivity contribution in [3.05, 3.63) is 29.8 Å². The number of hydrogen-bond acceptors (Lipinski definition) is 3. The van der Waals surface area contributed by atoms with Crippen LogP contribution in [0, 0.1) is 5.92 Å². The Kier molecular flexibility index (Phi) is 3.88. The molecular weight excluding hydrogens is 242 g/mol. The fourth-order valence-electron chi connectivity index (χ4n) is 2.44. The maximum atomic E-state index is 12.0. The Morgan fingerprint density at radius 1 is 1.37 bits per heavy atom. The van der Waals surface area contributed by atoms with Gasteiger partial charge in [-0.25, -0.2) is 0 Å². The second-order valence-corrected chi connectivity index (χ2v) is 5.01. The maximum Gasteiger partial charge on any atom is 0.223 e. The molecule has 4 nitrogen and oxygen atoms in total. The number of benzene rings is 1. The van der Waals surface area contributed by atoms with E-state index < -0.39 is 0 Å². The van der Waals surface area contributed by atoms with E-state index in [1.165, 1.54) is 0 Å². The van der Waals surface area contributed by atoms with Crippen LogP contribution in [0.4, 0.5) is 0 Å². The number of ether oxygens (including phenoxy) is 1. The summed E-state index contributed by atoms with van der Waals surface area (Å²) in [5.74, 6) is 0.805. The Labute approximate surface area is 113 Å². The van der Waals surface area contributed by atoms with Gasteiger partial charge in [-0.05, 0) is 31.5 Å². The third kappa shape index (κ3) is 2.78. The van der Waals surface area contributed by atoms with Crippen LogP contribution in [0.25, 0.3) is 0 Å². The molecule has 1 unspecified atom stereocenters. The first kappa shape index (κ1) is 13.6. The van der Waals surface area contributed by atoms with Gasteiger partial charge in [0.1, 0.15) is 11.5 Å². The SMILES string of the molecule is COc1ccc(C(C)N2C[C@H](C(C)=O)CC2=O)cc1. The summed E-state index contributed by atoms with van der Waals surface area (Å²) in [4.78, 5) is 25.1. The summed E-state index contributed by atoms with van der Waals surface area (Å²) in [7, 11) is 1.62. The lowest BCUT2D eigenvalue weighted by Gasteiger charge is -2.25. The largest absolute Gasteiger partial charge is 0.497 e. The van der Waals surface area contributed by atoms with Crippen molar-refractivity contribution in [1.29, 1.82) is 0 Å². The quantitative estimate of drug-likeness (QED) is 0.834. The fourth-order valence-corrected chi connectivity index (χ4v) is 2.44. The number of hydrogen-bond donors (Lipinski definition) is 0. The third-order valence-corrected chi connectivity index (χ3v) is 3.80. The molecule has 0 aliphatic carbocycles. The second-order valence-electron chi connectivity index (χ2n) is 5.01. The molecule has 1 aromatic rings. The summed E-state index contributed by atoms with van der Waals surface area (Å²) in [5.41, 5.74) is 1.05. The van der Waals surface area contributed by atoms with E-state index in [9.17, 15) is 9.59 Å². The molecule has 4 heteroatoms. The number of ketones is 1. The van der Waals surface area contributed by atoms with E-state index in [0.29, 0.717) is 13.0 Å². The van der Waals surface area contributed by atoms with E-state index in [1.54, 1.807) is 18.9 Å². The summed E-state index contributed by atoms with van der Waals surface area (Å²) in [6.07, 6.45) is 0.343. The highest BCUT2D eigenvalue weighted by Crippen LogP contribution is 2.29. The Balaban J connectivity index is 2.12. The van der Waals surface area contributed by atoms with Gasteiger partial charge in [-0.2, -0.15) is 0 Å². The van der Waals surface area contributed by atoms with E-state index in [1.807, 2.05) is 31.2 Å². The summed E-state index contributed by atoms with van der Waals surface area (Å²) in [6.45, 7) is 4.07.